The summed E-state index contributed by atoms with van der Waals surface area (Å²) in [5.41, 5.74) is 3.05. The number of hydrogen-bond acceptors (Lipinski definition) is 5. The van der Waals surface area contributed by atoms with E-state index >= 15 is 0 Å². The SMILES string of the molecule is COc1ccc(NC(=O)c2ccc(NC(=O)c3csc(-c4ccccc4)n3)cc2)cc1. The third kappa shape index (κ3) is 4.96. The number of hydrogen-bond donors (Lipinski definition) is 2. The maximum absolute atomic E-state index is 12.5. The molecule has 6 nitrogen and oxygen atoms in total. The normalized spacial score (nSPS) is 10.4. The van der Waals surface area contributed by atoms with Crippen LogP contribution in [0.2, 0.25) is 0 Å². The zero-order valence-corrected chi connectivity index (χ0v) is 17.5. The number of ether oxygens (including phenoxy) is 1. The smallest absolute Gasteiger partial charge is 0.275 e. The Morgan fingerprint density at radius 1 is 0.806 bits per heavy atom. The van der Waals surface area contributed by atoms with Gasteiger partial charge in [0.05, 0.1) is 7.11 Å². The second kappa shape index (κ2) is 9.23. The molecule has 1 heterocycles. The van der Waals surface area contributed by atoms with Crippen LogP contribution in [-0.4, -0.2) is 23.9 Å². The van der Waals surface area contributed by atoms with Crippen molar-refractivity contribution in [3.63, 3.8) is 0 Å². The highest BCUT2D eigenvalue weighted by atomic mass is 32.1. The molecule has 4 rings (SSSR count). The first kappa shape index (κ1) is 20.3. The van der Waals surface area contributed by atoms with E-state index in [2.05, 4.69) is 15.6 Å². The van der Waals surface area contributed by atoms with Gasteiger partial charge in [0, 0.05) is 27.9 Å². The van der Waals surface area contributed by atoms with Gasteiger partial charge < -0.3 is 15.4 Å². The van der Waals surface area contributed by atoms with E-state index in [1.165, 1.54) is 11.3 Å². The highest BCUT2D eigenvalue weighted by Crippen LogP contribution is 2.24. The van der Waals surface area contributed by atoms with E-state index < -0.39 is 0 Å². The number of rotatable bonds is 6. The van der Waals surface area contributed by atoms with Crippen molar-refractivity contribution < 1.29 is 14.3 Å². The highest BCUT2D eigenvalue weighted by Gasteiger charge is 2.13. The molecular weight excluding hydrogens is 410 g/mol. The average molecular weight is 430 g/mol. The van der Waals surface area contributed by atoms with Crippen LogP contribution in [0, 0.1) is 0 Å². The van der Waals surface area contributed by atoms with Gasteiger partial charge in [0.1, 0.15) is 16.5 Å². The predicted molar refractivity (Wildman–Crippen MR) is 123 cm³/mol. The maximum atomic E-state index is 12.5. The van der Waals surface area contributed by atoms with Crippen LogP contribution in [0.3, 0.4) is 0 Å². The Bertz CT molecular complexity index is 1190. The summed E-state index contributed by atoms with van der Waals surface area (Å²) in [5, 5.41) is 8.15. The summed E-state index contributed by atoms with van der Waals surface area (Å²) in [4.78, 5) is 29.4. The Morgan fingerprint density at radius 2 is 1.42 bits per heavy atom. The second-order valence-electron chi connectivity index (χ2n) is 6.62. The molecule has 2 amide bonds. The quantitative estimate of drug-likeness (QED) is 0.435. The van der Waals surface area contributed by atoms with Crippen molar-refractivity contribution in [3.05, 3.63) is 95.5 Å². The lowest BCUT2D eigenvalue weighted by Crippen LogP contribution is -2.14. The van der Waals surface area contributed by atoms with Crippen molar-refractivity contribution in [1.29, 1.82) is 0 Å². The molecule has 0 radical (unpaired) electrons. The monoisotopic (exact) mass is 429 g/mol. The zero-order chi connectivity index (χ0) is 21.6. The van der Waals surface area contributed by atoms with Crippen LogP contribution >= 0.6 is 11.3 Å². The molecular formula is C24H19N3O3S. The number of nitrogens with one attached hydrogen (secondary N) is 2. The van der Waals surface area contributed by atoms with Crippen LogP contribution in [0.25, 0.3) is 10.6 Å². The summed E-state index contributed by atoms with van der Waals surface area (Å²) in [6.07, 6.45) is 0. The van der Waals surface area contributed by atoms with Crippen molar-refractivity contribution in [2.75, 3.05) is 17.7 Å². The van der Waals surface area contributed by atoms with E-state index in [0.717, 1.165) is 10.6 Å². The molecule has 4 aromatic rings. The van der Waals surface area contributed by atoms with Gasteiger partial charge in [0.15, 0.2) is 0 Å². The van der Waals surface area contributed by atoms with Crippen LogP contribution < -0.4 is 15.4 Å². The highest BCUT2D eigenvalue weighted by molar-refractivity contribution is 7.13. The Kier molecular flexibility index (Phi) is 6.05. The summed E-state index contributed by atoms with van der Waals surface area (Å²) in [5.74, 6) is 0.179. The first-order valence-corrected chi connectivity index (χ1v) is 10.4. The minimum atomic E-state index is -0.297. The molecule has 0 aliphatic carbocycles. The number of methoxy groups -OCH3 is 1. The second-order valence-corrected chi connectivity index (χ2v) is 7.48. The van der Waals surface area contributed by atoms with Crippen LogP contribution in [0.5, 0.6) is 5.75 Å². The van der Waals surface area contributed by atoms with E-state index in [-0.39, 0.29) is 11.8 Å². The lowest BCUT2D eigenvalue weighted by molar-refractivity contribution is 0.101. The Balaban J connectivity index is 1.38. The fraction of sp³-hybridized carbons (Fsp3) is 0.0417. The zero-order valence-electron chi connectivity index (χ0n) is 16.7. The molecule has 0 aliphatic heterocycles. The van der Waals surface area contributed by atoms with Crippen LogP contribution in [0.15, 0.2) is 84.2 Å². The number of aromatic nitrogens is 1. The molecule has 0 fully saturated rings. The molecule has 2 N–H and O–H groups in total. The third-order valence-corrected chi connectivity index (χ3v) is 5.40. The van der Waals surface area contributed by atoms with E-state index in [0.29, 0.717) is 28.4 Å². The van der Waals surface area contributed by atoms with Crippen molar-refractivity contribution in [3.8, 4) is 16.3 Å². The van der Waals surface area contributed by atoms with Crippen molar-refractivity contribution in [1.82, 2.24) is 4.98 Å². The van der Waals surface area contributed by atoms with Crippen LogP contribution in [0.4, 0.5) is 11.4 Å². The molecule has 0 saturated heterocycles. The average Bonchev–Trinajstić information content (AvgIpc) is 3.31. The molecule has 0 saturated carbocycles. The van der Waals surface area contributed by atoms with Crippen molar-refractivity contribution in [2.45, 2.75) is 0 Å². The molecule has 31 heavy (non-hydrogen) atoms. The summed E-state index contributed by atoms with van der Waals surface area (Å²) in [7, 11) is 1.59. The van der Waals surface area contributed by atoms with Gasteiger partial charge in [-0.15, -0.1) is 11.3 Å². The Labute approximate surface area is 183 Å². The van der Waals surface area contributed by atoms with Gasteiger partial charge in [-0.2, -0.15) is 0 Å². The predicted octanol–water partition coefficient (Wildman–Crippen LogP) is 5.32. The summed E-state index contributed by atoms with van der Waals surface area (Å²) in [6, 6.07) is 23.5. The van der Waals surface area contributed by atoms with Gasteiger partial charge in [0.2, 0.25) is 0 Å². The fourth-order valence-electron chi connectivity index (χ4n) is 2.87. The minimum absolute atomic E-state index is 0.241. The summed E-state index contributed by atoms with van der Waals surface area (Å²) >= 11 is 1.42. The van der Waals surface area contributed by atoms with E-state index in [1.54, 1.807) is 61.0 Å². The molecule has 0 bridgehead atoms. The fourth-order valence-corrected chi connectivity index (χ4v) is 3.68. The number of benzene rings is 3. The maximum Gasteiger partial charge on any atom is 0.275 e. The molecule has 3 aromatic carbocycles. The first-order valence-electron chi connectivity index (χ1n) is 9.50. The van der Waals surface area contributed by atoms with Crippen molar-refractivity contribution in [2.24, 2.45) is 0 Å². The van der Waals surface area contributed by atoms with E-state index in [1.807, 2.05) is 30.3 Å². The first-order chi connectivity index (χ1) is 15.1. The molecule has 7 heteroatoms. The van der Waals surface area contributed by atoms with Gasteiger partial charge in [-0.3, -0.25) is 9.59 Å². The van der Waals surface area contributed by atoms with Gasteiger partial charge in [0.25, 0.3) is 11.8 Å². The largest absolute Gasteiger partial charge is 0.497 e. The van der Waals surface area contributed by atoms with Crippen LogP contribution in [0.1, 0.15) is 20.8 Å². The number of anilines is 2. The standard InChI is InChI=1S/C24H19N3O3S/c1-30-20-13-11-19(12-14-20)25-22(28)16-7-9-18(10-8-16)26-23(29)21-15-31-24(27-21)17-5-3-2-4-6-17/h2-15H,1H3,(H,25,28)(H,26,29). The molecule has 0 atom stereocenters. The summed E-state index contributed by atoms with van der Waals surface area (Å²) < 4.78 is 5.11. The lowest BCUT2D eigenvalue weighted by atomic mass is 10.2. The number of carbonyl (C=O) groups is 2. The number of thiazole rings is 1. The summed E-state index contributed by atoms with van der Waals surface area (Å²) in [6.45, 7) is 0. The molecule has 0 aliphatic rings. The molecule has 0 spiro atoms. The molecule has 0 unspecified atom stereocenters. The van der Waals surface area contributed by atoms with Gasteiger partial charge in [-0.05, 0) is 48.5 Å². The van der Waals surface area contributed by atoms with Crippen molar-refractivity contribution >= 4 is 34.5 Å². The Hall–Kier alpha value is -3.97. The number of carbonyl (C=O) groups excluding carboxylic acids is 2. The third-order valence-electron chi connectivity index (χ3n) is 4.51. The van der Waals surface area contributed by atoms with Crippen LogP contribution in [-0.2, 0) is 0 Å². The van der Waals surface area contributed by atoms with Gasteiger partial charge >= 0.3 is 0 Å². The van der Waals surface area contributed by atoms with Gasteiger partial charge in [-0.1, -0.05) is 30.3 Å². The molecule has 154 valence electrons. The topological polar surface area (TPSA) is 80.3 Å². The lowest BCUT2D eigenvalue weighted by Gasteiger charge is -2.08. The Morgan fingerprint density at radius 3 is 2.06 bits per heavy atom. The van der Waals surface area contributed by atoms with Gasteiger partial charge in [-0.25, -0.2) is 4.98 Å². The van der Waals surface area contributed by atoms with E-state index in [9.17, 15) is 9.59 Å². The van der Waals surface area contributed by atoms with E-state index in [4.69, 9.17) is 4.74 Å². The number of amides is 2. The molecule has 1 aromatic heterocycles. The number of nitrogens with zero attached hydrogens (tertiary/aromatic N) is 1. The minimum Gasteiger partial charge on any atom is -0.497 e.